The van der Waals surface area contributed by atoms with Crippen LogP contribution in [-0.2, 0) is 11.2 Å². The first-order chi connectivity index (χ1) is 8.49. The highest BCUT2D eigenvalue weighted by Gasteiger charge is 2.36. The van der Waals surface area contributed by atoms with Gasteiger partial charge in [-0.25, -0.2) is 0 Å². The molecule has 5 heteroatoms. The normalized spacial score (nSPS) is 18.0. The van der Waals surface area contributed by atoms with E-state index < -0.39 is 0 Å². The van der Waals surface area contributed by atoms with Crippen molar-refractivity contribution in [2.75, 3.05) is 6.61 Å². The Kier molecular flexibility index (Phi) is 4.02. The molecule has 5 nitrogen and oxygen atoms in total. The van der Waals surface area contributed by atoms with Crippen molar-refractivity contribution in [2.24, 2.45) is 11.7 Å². The number of nitrogens with zero attached hydrogens (tertiary/aromatic N) is 2. The van der Waals surface area contributed by atoms with Gasteiger partial charge in [-0.2, -0.15) is 4.98 Å². The van der Waals surface area contributed by atoms with Crippen molar-refractivity contribution in [3.63, 3.8) is 0 Å². The minimum Gasteiger partial charge on any atom is -0.370 e. The van der Waals surface area contributed by atoms with E-state index in [4.69, 9.17) is 15.0 Å². The van der Waals surface area contributed by atoms with Gasteiger partial charge in [0, 0.05) is 18.6 Å². The molecule has 0 spiro atoms. The molecule has 2 rings (SSSR count). The number of aryl methyl sites for hydroxylation is 1. The van der Waals surface area contributed by atoms with Crippen LogP contribution in [0.1, 0.15) is 57.9 Å². The van der Waals surface area contributed by atoms with Gasteiger partial charge in [0.15, 0.2) is 0 Å². The smallest absolute Gasteiger partial charge is 0.226 e. The molecule has 1 fully saturated rings. The molecule has 1 atom stereocenters. The third-order valence-corrected chi connectivity index (χ3v) is 3.12. The summed E-state index contributed by atoms with van der Waals surface area (Å²) >= 11 is 0. The second-order valence-electron chi connectivity index (χ2n) is 5.75. The molecule has 0 radical (unpaired) electrons. The van der Waals surface area contributed by atoms with Crippen molar-refractivity contribution in [3.8, 4) is 0 Å². The standard InChI is InChI=1S/C13H23N3O2/c1-4-17-11(9-5-6-9)12-15-10(18-16-12)7-8-13(2,3)14/h9,11H,4-8,14H2,1-3H3. The average Bonchev–Trinajstić information content (AvgIpc) is 3.01. The van der Waals surface area contributed by atoms with Gasteiger partial charge in [-0.05, 0) is 46.0 Å². The minimum absolute atomic E-state index is 0.0124. The maximum absolute atomic E-state index is 5.94. The van der Waals surface area contributed by atoms with Crippen LogP contribution in [0, 0.1) is 5.92 Å². The molecule has 1 heterocycles. The SMILES string of the molecule is CCOC(c1noc(CCC(C)(C)N)n1)C1CC1. The molecule has 0 aliphatic heterocycles. The van der Waals surface area contributed by atoms with E-state index >= 15 is 0 Å². The van der Waals surface area contributed by atoms with Gasteiger partial charge in [0.2, 0.25) is 11.7 Å². The molecular weight excluding hydrogens is 230 g/mol. The van der Waals surface area contributed by atoms with Crippen molar-refractivity contribution in [3.05, 3.63) is 11.7 Å². The van der Waals surface area contributed by atoms with Crippen LogP contribution in [0.5, 0.6) is 0 Å². The lowest BCUT2D eigenvalue weighted by atomic mass is 10.0. The fourth-order valence-corrected chi connectivity index (χ4v) is 1.91. The van der Waals surface area contributed by atoms with Crippen LogP contribution in [0.3, 0.4) is 0 Å². The van der Waals surface area contributed by atoms with E-state index in [2.05, 4.69) is 10.1 Å². The second-order valence-corrected chi connectivity index (χ2v) is 5.75. The number of aromatic nitrogens is 2. The molecule has 0 bridgehead atoms. The van der Waals surface area contributed by atoms with Crippen molar-refractivity contribution < 1.29 is 9.26 Å². The van der Waals surface area contributed by atoms with Crippen LogP contribution in [0.25, 0.3) is 0 Å². The highest BCUT2D eigenvalue weighted by atomic mass is 16.5. The fraction of sp³-hybridized carbons (Fsp3) is 0.846. The Morgan fingerprint density at radius 2 is 2.22 bits per heavy atom. The van der Waals surface area contributed by atoms with Crippen LogP contribution >= 0.6 is 0 Å². The van der Waals surface area contributed by atoms with Crippen LogP contribution in [0.15, 0.2) is 4.52 Å². The van der Waals surface area contributed by atoms with Crippen LogP contribution in [-0.4, -0.2) is 22.3 Å². The zero-order valence-corrected chi connectivity index (χ0v) is 11.5. The summed E-state index contributed by atoms with van der Waals surface area (Å²) in [6.45, 7) is 6.67. The zero-order chi connectivity index (χ0) is 13.2. The molecular formula is C13H23N3O2. The lowest BCUT2D eigenvalue weighted by Gasteiger charge is -2.16. The molecule has 1 unspecified atom stereocenters. The molecule has 1 aromatic heterocycles. The predicted molar refractivity (Wildman–Crippen MR) is 68.0 cm³/mol. The molecule has 1 aliphatic rings. The highest BCUT2D eigenvalue weighted by Crippen LogP contribution is 2.42. The zero-order valence-electron chi connectivity index (χ0n) is 11.5. The Morgan fingerprint density at radius 1 is 1.50 bits per heavy atom. The summed E-state index contributed by atoms with van der Waals surface area (Å²) in [6.07, 6.45) is 3.96. The van der Waals surface area contributed by atoms with Crippen LogP contribution in [0.4, 0.5) is 0 Å². The van der Waals surface area contributed by atoms with Crippen molar-refractivity contribution in [2.45, 2.75) is 58.1 Å². The first kappa shape index (κ1) is 13.5. The lowest BCUT2D eigenvalue weighted by molar-refractivity contribution is 0.0384. The maximum atomic E-state index is 5.94. The molecule has 1 aliphatic carbocycles. The van der Waals surface area contributed by atoms with Gasteiger partial charge >= 0.3 is 0 Å². The van der Waals surface area contributed by atoms with E-state index in [1.54, 1.807) is 0 Å². The van der Waals surface area contributed by atoms with E-state index in [9.17, 15) is 0 Å². The Balaban J connectivity index is 1.95. The maximum Gasteiger partial charge on any atom is 0.226 e. The quantitative estimate of drug-likeness (QED) is 0.806. The van der Waals surface area contributed by atoms with Gasteiger partial charge in [-0.15, -0.1) is 0 Å². The molecule has 1 aromatic rings. The van der Waals surface area contributed by atoms with Gasteiger partial charge in [-0.3, -0.25) is 0 Å². The summed E-state index contributed by atoms with van der Waals surface area (Å²) in [7, 11) is 0. The molecule has 18 heavy (non-hydrogen) atoms. The van der Waals surface area contributed by atoms with E-state index in [-0.39, 0.29) is 11.6 Å². The minimum atomic E-state index is -0.204. The van der Waals surface area contributed by atoms with Gasteiger partial charge < -0.3 is 15.0 Å². The number of rotatable bonds is 7. The fourth-order valence-electron chi connectivity index (χ4n) is 1.91. The first-order valence-corrected chi connectivity index (χ1v) is 6.72. The molecule has 0 amide bonds. The molecule has 0 aromatic carbocycles. The molecule has 102 valence electrons. The Bertz CT molecular complexity index is 380. The first-order valence-electron chi connectivity index (χ1n) is 6.72. The van der Waals surface area contributed by atoms with Crippen LogP contribution in [0.2, 0.25) is 0 Å². The summed E-state index contributed by atoms with van der Waals surface area (Å²) < 4.78 is 11.0. The number of hydrogen-bond donors (Lipinski definition) is 1. The summed E-state index contributed by atoms with van der Waals surface area (Å²) in [5.74, 6) is 1.93. The van der Waals surface area contributed by atoms with Gasteiger partial charge in [0.05, 0.1) is 0 Å². The Morgan fingerprint density at radius 3 is 2.78 bits per heavy atom. The third kappa shape index (κ3) is 3.78. The largest absolute Gasteiger partial charge is 0.370 e. The Hall–Kier alpha value is -0.940. The second kappa shape index (κ2) is 5.36. The number of nitrogens with two attached hydrogens (primary N) is 1. The average molecular weight is 253 g/mol. The summed E-state index contributed by atoms with van der Waals surface area (Å²) in [6, 6.07) is 0. The number of ether oxygens (including phenoxy) is 1. The van der Waals surface area contributed by atoms with Gasteiger partial charge in [0.25, 0.3) is 0 Å². The van der Waals surface area contributed by atoms with Gasteiger partial charge in [-0.1, -0.05) is 5.16 Å². The third-order valence-electron chi connectivity index (χ3n) is 3.12. The van der Waals surface area contributed by atoms with Gasteiger partial charge in [0.1, 0.15) is 6.10 Å². The van der Waals surface area contributed by atoms with Crippen molar-refractivity contribution in [1.82, 2.24) is 10.1 Å². The highest BCUT2D eigenvalue weighted by molar-refractivity contribution is 4.98. The molecule has 0 saturated heterocycles. The summed E-state index contributed by atoms with van der Waals surface area (Å²) in [5, 5.41) is 4.05. The van der Waals surface area contributed by atoms with E-state index in [0.29, 0.717) is 24.2 Å². The summed E-state index contributed by atoms with van der Waals surface area (Å²) in [4.78, 5) is 4.44. The topological polar surface area (TPSA) is 74.2 Å². The van der Waals surface area contributed by atoms with E-state index in [1.807, 2.05) is 20.8 Å². The monoisotopic (exact) mass is 253 g/mol. The van der Waals surface area contributed by atoms with Crippen molar-refractivity contribution in [1.29, 1.82) is 0 Å². The molecule has 1 saturated carbocycles. The van der Waals surface area contributed by atoms with Crippen molar-refractivity contribution >= 4 is 0 Å². The summed E-state index contributed by atoms with van der Waals surface area (Å²) in [5.41, 5.74) is 5.74. The predicted octanol–water partition coefficient (Wildman–Crippen LogP) is 2.23. The van der Waals surface area contributed by atoms with E-state index in [1.165, 1.54) is 12.8 Å². The van der Waals surface area contributed by atoms with Crippen LogP contribution < -0.4 is 5.73 Å². The molecule has 2 N–H and O–H groups in total. The Labute approximate surface area is 108 Å². The lowest BCUT2D eigenvalue weighted by Crippen LogP contribution is -2.32. The number of hydrogen-bond acceptors (Lipinski definition) is 5. The van der Waals surface area contributed by atoms with E-state index in [0.717, 1.165) is 12.8 Å².